The molecule has 17 heteroatoms. The lowest BCUT2D eigenvalue weighted by atomic mass is 10.0. The zero-order valence-corrected chi connectivity index (χ0v) is 13.0. The summed E-state index contributed by atoms with van der Waals surface area (Å²) in [4.78, 5) is 0. The standard InChI is InChI=1S/C11H10F14O3/c12-6(13,8(16,17)9(18,19)11(23,24)25)3-27-1-5(26)2-28-4-7(14,15)10(20,21)22/h5,26H,1-4H2. The van der Waals surface area contributed by atoms with Gasteiger partial charge in [-0.05, 0) is 0 Å². The Morgan fingerprint density at radius 3 is 1.21 bits per heavy atom. The molecule has 0 radical (unpaired) electrons. The molecule has 0 aromatic heterocycles. The van der Waals surface area contributed by atoms with E-state index < -0.39 is 68.6 Å². The van der Waals surface area contributed by atoms with Crippen LogP contribution in [0.15, 0.2) is 0 Å². The largest absolute Gasteiger partial charge is 0.460 e. The fourth-order valence-corrected chi connectivity index (χ4v) is 1.27. The first-order valence-electron chi connectivity index (χ1n) is 6.58. The van der Waals surface area contributed by atoms with Crippen LogP contribution in [-0.2, 0) is 9.47 Å². The Morgan fingerprint density at radius 1 is 0.536 bits per heavy atom. The summed E-state index contributed by atoms with van der Waals surface area (Å²) in [5.41, 5.74) is 0. The number of hydrogen-bond donors (Lipinski definition) is 1. The summed E-state index contributed by atoms with van der Waals surface area (Å²) in [5, 5.41) is 9.00. The maximum atomic E-state index is 13.0. The maximum absolute atomic E-state index is 13.0. The molecule has 28 heavy (non-hydrogen) atoms. The van der Waals surface area contributed by atoms with Crippen LogP contribution in [0.1, 0.15) is 0 Å². The van der Waals surface area contributed by atoms with Crippen molar-refractivity contribution in [1.29, 1.82) is 0 Å². The molecule has 0 saturated carbocycles. The lowest BCUT2D eigenvalue weighted by molar-refractivity contribution is -0.400. The molecule has 0 heterocycles. The summed E-state index contributed by atoms with van der Waals surface area (Å²) in [6.45, 7) is -8.08. The third-order valence-corrected chi connectivity index (χ3v) is 2.81. The van der Waals surface area contributed by atoms with Gasteiger partial charge in [-0.25, -0.2) is 0 Å². The first kappa shape index (κ1) is 26.9. The quantitative estimate of drug-likeness (QED) is 0.505. The minimum atomic E-state index is -7.15. The predicted molar refractivity (Wildman–Crippen MR) is 59.5 cm³/mol. The SMILES string of the molecule is OC(COCC(F)(F)C(F)(F)F)COCC(F)(F)C(F)(F)C(F)(F)C(F)(F)F. The highest BCUT2D eigenvalue weighted by atomic mass is 19.4. The predicted octanol–water partition coefficient (Wildman–Crippen LogP) is 4.05. The van der Waals surface area contributed by atoms with E-state index in [0.29, 0.717) is 0 Å². The number of aliphatic hydroxyl groups excluding tert-OH is 1. The number of hydrogen-bond acceptors (Lipinski definition) is 3. The van der Waals surface area contributed by atoms with Gasteiger partial charge in [-0.1, -0.05) is 0 Å². The van der Waals surface area contributed by atoms with Crippen molar-refractivity contribution in [2.24, 2.45) is 0 Å². The fraction of sp³-hybridized carbons (Fsp3) is 1.00. The van der Waals surface area contributed by atoms with Crippen LogP contribution in [0, 0.1) is 0 Å². The number of rotatable bonds is 10. The number of halogens is 14. The zero-order valence-electron chi connectivity index (χ0n) is 13.0. The summed E-state index contributed by atoms with van der Waals surface area (Å²) in [7, 11) is 0. The van der Waals surface area contributed by atoms with E-state index in [1.54, 1.807) is 0 Å². The highest BCUT2D eigenvalue weighted by Crippen LogP contribution is 2.53. The van der Waals surface area contributed by atoms with Crippen LogP contribution in [0.2, 0.25) is 0 Å². The van der Waals surface area contributed by atoms with Crippen LogP contribution in [0.5, 0.6) is 0 Å². The first-order chi connectivity index (χ1) is 12.1. The Morgan fingerprint density at radius 2 is 0.893 bits per heavy atom. The van der Waals surface area contributed by atoms with Crippen LogP contribution in [0.4, 0.5) is 61.5 Å². The lowest BCUT2D eigenvalue weighted by Gasteiger charge is -2.33. The Balaban J connectivity index is 4.66. The average Bonchev–Trinajstić information content (AvgIpc) is 2.43. The smallest absolute Gasteiger partial charge is 0.388 e. The van der Waals surface area contributed by atoms with Gasteiger partial charge in [0.05, 0.1) is 13.2 Å². The van der Waals surface area contributed by atoms with E-state index in [0.717, 1.165) is 0 Å². The van der Waals surface area contributed by atoms with Crippen LogP contribution in [0.3, 0.4) is 0 Å². The Hall–Kier alpha value is -1.10. The molecule has 0 rings (SSSR count). The van der Waals surface area contributed by atoms with Crippen molar-refractivity contribution in [2.75, 3.05) is 26.4 Å². The minimum Gasteiger partial charge on any atom is -0.388 e. The molecule has 170 valence electrons. The van der Waals surface area contributed by atoms with E-state index in [2.05, 4.69) is 9.47 Å². The van der Waals surface area contributed by atoms with E-state index >= 15 is 0 Å². The van der Waals surface area contributed by atoms with Gasteiger partial charge >= 0.3 is 36.0 Å². The molecule has 0 aromatic carbocycles. The van der Waals surface area contributed by atoms with Crippen molar-refractivity contribution in [3.63, 3.8) is 0 Å². The molecule has 0 aliphatic carbocycles. The van der Waals surface area contributed by atoms with Crippen molar-refractivity contribution in [3.8, 4) is 0 Å². The monoisotopic (exact) mass is 456 g/mol. The number of alkyl halides is 14. The summed E-state index contributed by atoms with van der Waals surface area (Å²) in [6.07, 6.45) is -15.3. The molecule has 0 aliphatic rings. The summed E-state index contributed by atoms with van der Waals surface area (Å²) in [5.74, 6) is -25.6. The molecule has 0 spiro atoms. The molecule has 0 aliphatic heterocycles. The molecular formula is C11H10F14O3. The molecule has 0 bridgehead atoms. The topological polar surface area (TPSA) is 38.7 Å². The van der Waals surface area contributed by atoms with Gasteiger partial charge in [0.1, 0.15) is 19.3 Å². The second-order valence-electron chi connectivity index (χ2n) is 5.24. The second-order valence-corrected chi connectivity index (χ2v) is 5.24. The van der Waals surface area contributed by atoms with E-state index in [1.807, 2.05) is 0 Å². The normalized spacial score (nSPS) is 16.4. The molecule has 1 N–H and O–H groups in total. The zero-order chi connectivity index (χ0) is 22.8. The van der Waals surface area contributed by atoms with Crippen molar-refractivity contribution in [3.05, 3.63) is 0 Å². The van der Waals surface area contributed by atoms with Gasteiger partial charge in [0, 0.05) is 0 Å². The maximum Gasteiger partial charge on any atom is 0.460 e. The molecule has 0 amide bonds. The van der Waals surface area contributed by atoms with E-state index in [-0.39, 0.29) is 0 Å². The lowest BCUT2D eigenvalue weighted by Crippen LogP contribution is -2.62. The Labute approximate surface area is 146 Å². The first-order valence-corrected chi connectivity index (χ1v) is 6.58. The van der Waals surface area contributed by atoms with Crippen LogP contribution in [-0.4, -0.2) is 73.7 Å². The number of aliphatic hydroxyl groups is 1. The van der Waals surface area contributed by atoms with Gasteiger partial charge in [-0.3, -0.25) is 0 Å². The third-order valence-electron chi connectivity index (χ3n) is 2.81. The molecule has 0 saturated heterocycles. The van der Waals surface area contributed by atoms with Gasteiger partial charge in [0.25, 0.3) is 0 Å². The average molecular weight is 456 g/mol. The highest BCUT2D eigenvalue weighted by molar-refractivity contribution is 5.00. The van der Waals surface area contributed by atoms with Gasteiger partial charge in [-0.2, -0.15) is 61.5 Å². The van der Waals surface area contributed by atoms with Gasteiger partial charge < -0.3 is 14.6 Å². The van der Waals surface area contributed by atoms with Gasteiger partial charge in [0.15, 0.2) is 0 Å². The third kappa shape index (κ3) is 5.95. The Bertz CT molecular complexity index is 498. The summed E-state index contributed by atoms with van der Waals surface area (Å²) in [6, 6.07) is 0. The molecular weight excluding hydrogens is 446 g/mol. The van der Waals surface area contributed by atoms with Crippen LogP contribution >= 0.6 is 0 Å². The van der Waals surface area contributed by atoms with Gasteiger partial charge in [0.2, 0.25) is 0 Å². The summed E-state index contributed by atoms with van der Waals surface area (Å²) >= 11 is 0. The molecule has 0 aromatic rings. The van der Waals surface area contributed by atoms with Crippen molar-refractivity contribution >= 4 is 0 Å². The number of ether oxygens (including phenoxy) is 2. The highest BCUT2D eigenvalue weighted by Gasteiger charge is 2.81. The second kappa shape index (κ2) is 8.33. The fourth-order valence-electron chi connectivity index (χ4n) is 1.27. The van der Waals surface area contributed by atoms with E-state index in [1.165, 1.54) is 0 Å². The Kier molecular flexibility index (Phi) is 8.01. The minimum absolute atomic E-state index is 1.42. The van der Waals surface area contributed by atoms with Crippen molar-refractivity contribution in [1.82, 2.24) is 0 Å². The van der Waals surface area contributed by atoms with Crippen LogP contribution < -0.4 is 0 Å². The van der Waals surface area contributed by atoms with Gasteiger partial charge in [-0.15, -0.1) is 0 Å². The van der Waals surface area contributed by atoms with E-state index in [4.69, 9.17) is 5.11 Å². The molecule has 0 fully saturated rings. The summed E-state index contributed by atoms with van der Waals surface area (Å²) < 4.78 is 180. The molecule has 3 nitrogen and oxygen atoms in total. The molecule has 1 unspecified atom stereocenters. The van der Waals surface area contributed by atoms with Crippen molar-refractivity contribution < 1.29 is 76.0 Å². The van der Waals surface area contributed by atoms with Crippen molar-refractivity contribution in [2.45, 2.75) is 42.1 Å². The molecule has 1 atom stereocenters. The van der Waals surface area contributed by atoms with E-state index in [9.17, 15) is 61.5 Å². The van der Waals surface area contributed by atoms with Crippen LogP contribution in [0.25, 0.3) is 0 Å².